The highest BCUT2D eigenvalue weighted by molar-refractivity contribution is 5.91. The molecule has 0 bridgehead atoms. The number of ether oxygens (including phenoxy) is 1. The van der Waals surface area contributed by atoms with Crippen LogP contribution in [0, 0.1) is 6.92 Å². The van der Waals surface area contributed by atoms with Crippen LogP contribution in [0.4, 0.5) is 11.8 Å². The van der Waals surface area contributed by atoms with Crippen LogP contribution < -0.4 is 9.80 Å². The first-order chi connectivity index (χ1) is 16.7. The van der Waals surface area contributed by atoms with E-state index in [9.17, 15) is 5.11 Å². The zero-order valence-electron chi connectivity index (χ0n) is 19.3. The van der Waals surface area contributed by atoms with Crippen LogP contribution in [0.2, 0.25) is 0 Å². The molecule has 4 aromatic rings. The van der Waals surface area contributed by atoms with Crippen molar-refractivity contribution in [2.45, 2.75) is 26.0 Å². The number of morpholine rings is 1. The van der Waals surface area contributed by atoms with Crippen LogP contribution in [0.15, 0.2) is 54.7 Å². The summed E-state index contributed by atoms with van der Waals surface area (Å²) in [5.74, 6) is 1.64. The Labute approximate surface area is 198 Å². The summed E-state index contributed by atoms with van der Waals surface area (Å²) in [5, 5.41) is 15.5. The summed E-state index contributed by atoms with van der Waals surface area (Å²) in [6.45, 7) is 5.54. The third-order valence-corrected chi connectivity index (χ3v) is 6.62. The van der Waals surface area contributed by atoms with E-state index in [0.29, 0.717) is 25.6 Å². The highest BCUT2D eigenvalue weighted by atomic mass is 16.5. The van der Waals surface area contributed by atoms with Crippen molar-refractivity contribution in [2.24, 2.45) is 0 Å². The summed E-state index contributed by atoms with van der Waals surface area (Å²) < 4.78 is 7.62. The van der Waals surface area contributed by atoms with E-state index in [0.717, 1.165) is 47.6 Å². The van der Waals surface area contributed by atoms with Gasteiger partial charge in [0.1, 0.15) is 5.82 Å². The third kappa shape index (κ3) is 3.89. The van der Waals surface area contributed by atoms with Crippen LogP contribution in [0.3, 0.4) is 0 Å². The molecule has 0 saturated carbocycles. The van der Waals surface area contributed by atoms with Gasteiger partial charge in [0, 0.05) is 49.7 Å². The Bertz CT molecular complexity index is 1320. The zero-order valence-corrected chi connectivity index (χ0v) is 19.3. The van der Waals surface area contributed by atoms with Gasteiger partial charge in [-0.25, -0.2) is 9.67 Å². The fraction of sp³-hybridized carbons (Fsp3) is 0.346. The first kappa shape index (κ1) is 21.1. The second-order valence-corrected chi connectivity index (χ2v) is 9.04. The summed E-state index contributed by atoms with van der Waals surface area (Å²) in [4.78, 5) is 14.4. The SMILES string of the molecule is Cc1ccc2c(N3CCc4nn(-c5ccccc5)cc4C3)nc(N3CCO[C@@H](CO)C3)nc2c1. The molecule has 2 aliphatic heterocycles. The monoisotopic (exact) mass is 456 g/mol. The summed E-state index contributed by atoms with van der Waals surface area (Å²) in [7, 11) is 0. The van der Waals surface area contributed by atoms with E-state index in [2.05, 4.69) is 53.3 Å². The molecule has 0 aliphatic carbocycles. The van der Waals surface area contributed by atoms with Crippen LogP contribution >= 0.6 is 0 Å². The van der Waals surface area contributed by atoms with Gasteiger partial charge in [0.05, 0.1) is 36.2 Å². The molecule has 1 fully saturated rings. The van der Waals surface area contributed by atoms with Crippen LogP contribution in [-0.2, 0) is 17.7 Å². The van der Waals surface area contributed by atoms with Crippen molar-refractivity contribution in [3.05, 3.63) is 71.5 Å². The summed E-state index contributed by atoms with van der Waals surface area (Å²) in [6, 6.07) is 16.6. The third-order valence-electron chi connectivity index (χ3n) is 6.62. The molecule has 0 radical (unpaired) electrons. The van der Waals surface area contributed by atoms with Gasteiger partial charge in [0.2, 0.25) is 5.95 Å². The number of nitrogens with zero attached hydrogens (tertiary/aromatic N) is 6. The number of para-hydroxylation sites is 1. The average molecular weight is 457 g/mol. The molecule has 34 heavy (non-hydrogen) atoms. The largest absolute Gasteiger partial charge is 0.394 e. The number of fused-ring (bicyclic) bond motifs is 2. The van der Waals surface area contributed by atoms with E-state index in [1.807, 2.05) is 22.9 Å². The molecule has 1 saturated heterocycles. The van der Waals surface area contributed by atoms with E-state index in [-0.39, 0.29) is 12.7 Å². The molecule has 4 heterocycles. The van der Waals surface area contributed by atoms with Gasteiger partial charge >= 0.3 is 0 Å². The maximum absolute atomic E-state index is 9.59. The van der Waals surface area contributed by atoms with Gasteiger partial charge in [0.25, 0.3) is 0 Å². The van der Waals surface area contributed by atoms with E-state index < -0.39 is 0 Å². The topological polar surface area (TPSA) is 79.5 Å². The lowest BCUT2D eigenvalue weighted by molar-refractivity contribution is 0.00316. The molecule has 0 amide bonds. The molecule has 174 valence electrons. The van der Waals surface area contributed by atoms with Gasteiger partial charge in [-0.15, -0.1) is 0 Å². The Morgan fingerprint density at radius 1 is 1.06 bits per heavy atom. The lowest BCUT2D eigenvalue weighted by Crippen LogP contribution is -2.45. The van der Waals surface area contributed by atoms with Crippen molar-refractivity contribution >= 4 is 22.7 Å². The Hall–Kier alpha value is -3.49. The number of rotatable bonds is 4. The summed E-state index contributed by atoms with van der Waals surface area (Å²) >= 11 is 0. The number of benzene rings is 2. The molecule has 1 N–H and O–H groups in total. The van der Waals surface area contributed by atoms with Gasteiger partial charge in [-0.05, 0) is 36.8 Å². The van der Waals surface area contributed by atoms with Crippen molar-refractivity contribution in [2.75, 3.05) is 42.6 Å². The highest BCUT2D eigenvalue weighted by Gasteiger charge is 2.26. The average Bonchev–Trinajstić information content (AvgIpc) is 3.32. The summed E-state index contributed by atoms with van der Waals surface area (Å²) in [6.07, 6.45) is 2.79. The van der Waals surface area contributed by atoms with Crippen LogP contribution in [0.5, 0.6) is 0 Å². The molecule has 0 spiro atoms. The van der Waals surface area contributed by atoms with E-state index in [1.54, 1.807) is 0 Å². The van der Waals surface area contributed by atoms with Crippen LogP contribution in [0.1, 0.15) is 16.8 Å². The van der Waals surface area contributed by atoms with E-state index in [1.165, 1.54) is 11.1 Å². The number of aromatic nitrogens is 4. The van der Waals surface area contributed by atoms with Crippen molar-refractivity contribution < 1.29 is 9.84 Å². The first-order valence-corrected chi connectivity index (χ1v) is 11.8. The van der Waals surface area contributed by atoms with E-state index >= 15 is 0 Å². The van der Waals surface area contributed by atoms with Crippen LogP contribution in [-0.4, -0.2) is 63.8 Å². The standard InChI is InChI=1S/C26H28N6O2/c1-18-7-8-22-24(13-18)27-26(31-11-12-34-21(16-31)17-33)28-25(22)30-10-9-23-19(14-30)15-32(29-23)20-5-3-2-4-6-20/h2-8,13,15,21,33H,9-12,14,16-17H2,1H3/t21-/m1/s1. The second kappa shape index (κ2) is 8.70. The maximum Gasteiger partial charge on any atom is 0.228 e. The predicted octanol–water partition coefficient (Wildman–Crippen LogP) is 2.88. The fourth-order valence-corrected chi connectivity index (χ4v) is 4.81. The van der Waals surface area contributed by atoms with Crippen molar-refractivity contribution in [3.8, 4) is 5.69 Å². The molecule has 0 unspecified atom stereocenters. The fourth-order valence-electron chi connectivity index (χ4n) is 4.81. The zero-order chi connectivity index (χ0) is 23.1. The molecule has 6 rings (SSSR count). The smallest absolute Gasteiger partial charge is 0.228 e. The number of aliphatic hydroxyl groups excluding tert-OH is 1. The minimum absolute atomic E-state index is 0.00362. The number of hydrogen-bond acceptors (Lipinski definition) is 7. The molecular formula is C26H28N6O2. The van der Waals surface area contributed by atoms with Gasteiger partial charge in [-0.1, -0.05) is 24.3 Å². The molecule has 1 atom stereocenters. The Kier molecular flexibility index (Phi) is 5.39. The first-order valence-electron chi connectivity index (χ1n) is 11.8. The molecule has 8 nitrogen and oxygen atoms in total. The minimum Gasteiger partial charge on any atom is -0.394 e. The van der Waals surface area contributed by atoms with Gasteiger partial charge in [-0.2, -0.15) is 10.1 Å². The normalized spacial score (nSPS) is 18.4. The van der Waals surface area contributed by atoms with Crippen molar-refractivity contribution in [3.63, 3.8) is 0 Å². The quantitative estimate of drug-likeness (QED) is 0.506. The molecule has 2 aromatic carbocycles. The molecule has 2 aliphatic rings. The number of aryl methyl sites for hydroxylation is 1. The number of anilines is 2. The Morgan fingerprint density at radius 3 is 2.79 bits per heavy atom. The molecule has 2 aromatic heterocycles. The summed E-state index contributed by atoms with van der Waals surface area (Å²) in [5.41, 5.74) is 5.55. The number of hydrogen-bond donors (Lipinski definition) is 1. The van der Waals surface area contributed by atoms with Gasteiger partial charge in [-0.3, -0.25) is 0 Å². The maximum atomic E-state index is 9.59. The van der Waals surface area contributed by atoms with E-state index in [4.69, 9.17) is 19.8 Å². The number of aliphatic hydroxyl groups is 1. The lowest BCUT2D eigenvalue weighted by atomic mass is 10.1. The second-order valence-electron chi connectivity index (χ2n) is 9.04. The lowest BCUT2D eigenvalue weighted by Gasteiger charge is -2.33. The van der Waals surface area contributed by atoms with Crippen molar-refractivity contribution in [1.29, 1.82) is 0 Å². The molecule has 8 heteroatoms. The van der Waals surface area contributed by atoms with Gasteiger partial charge < -0.3 is 19.6 Å². The Morgan fingerprint density at radius 2 is 1.94 bits per heavy atom. The van der Waals surface area contributed by atoms with Crippen LogP contribution in [0.25, 0.3) is 16.6 Å². The molecular weight excluding hydrogens is 428 g/mol. The van der Waals surface area contributed by atoms with Gasteiger partial charge in [0.15, 0.2) is 0 Å². The minimum atomic E-state index is -0.213. The van der Waals surface area contributed by atoms with Crippen molar-refractivity contribution in [1.82, 2.24) is 19.7 Å². The Balaban J connectivity index is 1.37. The predicted molar refractivity (Wildman–Crippen MR) is 132 cm³/mol. The highest BCUT2D eigenvalue weighted by Crippen LogP contribution is 2.31.